The average Bonchev–Trinajstić information content (AvgIpc) is 3.07. The summed E-state index contributed by atoms with van der Waals surface area (Å²) in [6, 6.07) is 20.9. The number of para-hydroxylation sites is 2. The Morgan fingerprint density at radius 1 is 0.960 bits per heavy atom. The lowest BCUT2D eigenvalue weighted by Gasteiger charge is -2.05. The molecular formula is C20H15FN3O+. The highest BCUT2D eigenvalue weighted by molar-refractivity contribution is 6.04. The van der Waals surface area contributed by atoms with Crippen molar-refractivity contribution in [2.24, 2.45) is 0 Å². The highest BCUT2D eigenvalue weighted by Gasteiger charge is 2.13. The Bertz CT molecular complexity index is 1020. The van der Waals surface area contributed by atoms with E-state index in [4.69, 9.17) is 0 Å². The van der Waals surface area contributed by atoms with Gasteiger partial charge in [-0.15, -0.1) is 0 Å². The number of halogens is 1. The highest BCUT2D eigenvalue weighted by atomic mass is 19.1. The summed E-state index contributed by atoms with van der Waals surface area (Å²) in [4.78, 5) is 18.9. The third-order valence-electron chi connectivity index (χ3n) is 3.96. The fourth-order valence-electron chi connectivity index (χ4n) is 2.70. The zero-order chi connectivity index (χ0) is 17.2. The third-order valence-corrected chi connectivity index (χ3v) is 3.96. The predicted octanol–water partition coefficient (Wildman–Crippen LogP) is 4.04. The van der Waals surface area contributed by atoms with Crippen molar-refractivity contribution in [1.29, 1.82) is 0 Å². The molecular weight excluding hydrogens is 317 g/mol. The van der Waals surface area contributed by atoms with Crippen molar-refractivity contribution in [2.45, 2.75) is 0 Å². The second-order valence-electron chi connectivity index (χ2n) is 5.71. The van der Waals surface area contributed by atoms with E-state index in [1.807, 2.05) is 48.5 Å². The van der Waals surface area contributed by atoms with E-state index >= 15 is 0 Å². The molecule has 1 heterocycles. The molecule has 0 aliphatic rings. The molecule has 1 aromatic heterocycles. The second-order valence-corrected chi connectivity index (χ2v) is 5.71. The van der Waals surface area contributed by atoms with Gasteiger partial charge in [0, 0.05) is 11.3 Å². The van der Waals surface area contributed by atoms with Crippen LogP contribution in [-0.4, -0.2) is 10.9 Å². The van der Waals surface area contributed by atoms with Crippen LogP contribution in [0.15, 0.2) is 72.8 Å². The van der Waals surface area contributed by atoms with Gasteiger partial charge in [-0.05, 0) is 54.6 Å². The van der Waals surface area contributed by atoms with Crippen LogP contribution < -0.4 is 10.3 Å². The molecule has 0 spiro atoms. The standard InChI is InChI=1S/C20H14FN3O/c21-15-10-8-13(9-11-15)20(25)22-16-5-3-4-14(12-16)19-23-17-6-1-2-7-18(17)24-19/h1-12H,(H,22,25)(H,23,24)/p+1. The Balaban J connectivity index is 1.60. The maximum Gasteiger partial charge on any atom is 0.285 e. The van der Waals surface area contributed by atoms with Gasteiger partial charge in [-0.2, -0.15) is 0 Å². The summed E-state index contributed by atoms with van der Waals surface area (Å²) in [5.41, 5.74) is 4.02. The number of benzene rings is 3. The van der Waals surface area contributed by atoms with Crippen LogP contribution in [0.4, 0.5) is 10.1 Å². The van der Waals surface area contributed by atoms with Crippen molar-refractivity contribution in [3.63, 3.8) is 0 Å². The smallest absolute Gasteiger partial charge is 0.285 e. The molecule has 0 aliphatic carbocycles. The molecule has 0 saturated carbocycles. The first-order valence-electron chi connectivity index (χ1n) is 7.86. The lowest BCUT2D eigenvalue weighted by atomic mass is 10.1. The van der Waals surface area contributed by atoms with Gasteiger partial charge in [-0.25, -0.2) is 14.4 Å². The van der Waals surface area contributed by atoms with Crippen LogP contribution in [0.5, 0.6) is 0 Å². The van der Waals surface area contributed by atoms with Gasteiger partial charge in [-0.3, -0.25) is 4.79 Å². The first-order chi connectivity index (χ1) is 12.2. The second kappa shape index (κ2) is 6.20. The van der Waals surface area contributed by atoms with Gasteiger partial charge in [0.15, 0.2) is 11.0 Å². The number of hydrogen-bond donors (Lipinski definition) is 2. The Morgan fingerprint density at radius 3 is 2.56 bits per heavy atom. The number of fused-ring (bicyclic) bond motifs is 1. The van der Waals surface area contributed by atoms with Crippen LogP contribution in [0, 0.1) is 5.82 Å². The molecule has 0 saturated heterocycles. The van der Waals surface area contributed by atoms with Crippen LogP contribution in [-0.2, 0) is 0 Å². The number of imidazole rings is 1. The lowest BCUT2D eigenvalue weighted by molar-refractivity contribution is -0.330. The predicted molar refractivity (Wildman–Crippen MR) is 94.6 cm³/mol. The van der Waals surface area contributed by atoms with Gasteiger partial charge in [-0.1, -0.05) is 18.2 Å². The van der Waals surface area contributed by atoms with Gasteiger partial charge in [0.2, 0.25) is 0 Å². The molecule has 0 atom stereocenters. The third kappa shape index (κ3) is 3.12. The molecule has 5 heteroatoms. The monoisotopic (exact) mass is 332 g/mol. The molecule has 3 N–H and O–H groups in total. The maximum atomic E-state index is 13.0. The molecule has 0 fully saturated rings. The van der Waals surface area contributed by atoms with Crippen molar-refractivity contribution >= 4 is 22.6 Å². The van der Waals surface area contributed by atoms with E-state index in [9.17, 15) is 9.18 Å². The Hall–Kier alpha value is -3.47. The molecule has 0 bridgehead atoms. The molecule has 0 radical (unpaired) electrons. The van der Waals surface area contributed by atoms with E-state index in [2.05, 4.69) is 15.3 Å². The number of anilines is 1. The van der Waals surface area contributed by atoms with Crippen molar-refractivity contribution < 1.29 is 14.2 Å². The van der Waals surface area contributed by atoms with E-state index < -0.39 is 0 Å². The van der Waals surface area contributed by atoms with E-state index in [1.54, 1.807) is 0 Å². The Kier molecular flexibility index (Phi) is 3.74. The summed E-state index contributed by atoms with van der Waals surface area (Å²) in [6.07, 6.45) is 0. The number of aromatic amines is 2. The number of carbonyl (C=O) groups excluding carboxylic acids is 1. The molecule has 3 aromatic carbocycles. The molecule has 0 unspecified atom stereocenters. The number of hydrogen-bond acceptors (Lipinski definition) is 1. The van der Waals surface area contributed by atoms with Crippen molar-refractivity contribution in [2.75, 3.05) is 5.32 Å². The number of aromatic nitrogens is 2. The molecule has 4 aromatic rings. The highest BCUT2D eigenvalue weighted by Crippen LogP contribution is 2.21. The van der Waals surface area contributed by atoms with Gasteiger partial charge >= 0.3 is 0 Å². The first kappa shape index (κ1) is 15.1. The fourth-order valence-corrected chi connectivity index (χ4v) is 2.70. The topological polar surface area (TPSA) is 59.0 Å². The lowest BCUT2D eigenvalue weighted by Crippen LogP contribution is -2.12. The number of H-pyrrole nitrogens is 2. The number of rotatable bonds is 3. The summed E-state index contributed by atoms with van der Waals surface area (Å²) >= 11 is 0. The average molecular weight is 332 g/mol. The minimum absolute atomic E-state index is 0.280. The summed E-state index contributed by atoms with van der Waals surface area (Å²) in [6.45, 7) is 0. The summed E-state index contributed by atoms with van der Waals surface area (Å²) in [5, 5.41) is 2.83. The zero-order valence-corrected chi connectivity index (χ0v) is 13.2. The van der Waals surface area contributed by atoms with Crippen molar-refractivity contribution in [3.8, 4) is 11.4 Å². The quantitative estimate of drug-likeness (QED) is 0.584. The van der Waals surface area contributed by atoms with Crippen LogP contribution in [0.1, 0.15) is 10.4 Å². The summed E-state index contributed by atoms with van der Waals surface area (Å²) in [7, 11) is 0. The number of nitrogens with one attached hydrogen (secondary N) is 3. The molecule has 1 amide bonds. The molecule has 4 nitrogen and oxygen atoms in total. The fraction of sp³-hybridized carbons (Fsp3) is 0. The van der Waals surface area contributed by atoms with Crippen molar-refractivity contribution in [1.82, 2.24) is 4.98 Å². The normalized spacial score (nSPS) is 10.8. The molecule has 0 aliphatic heterocycles. The van der Waals surface area contributed by atoms with Crippen molar-refractivity contribution in [3.05, 3.63) is 84.2 Å². The molecule has 4 rings (SSSR count). The number of carbonyl (C=O) groups is 1. The van der Waals surface area contributed by atoms with E-state index in [0.29, 0.717) is 11.3 Å². The van der Waals surface area contributed by atoms with Crippen LogP contribution >= 0.6 is 0 Å². The summed E-state index contributed by atoms with van der Waals surface area (Å²) in [5.74, 6) is 0.213. The van der Waals surface area contributed by atoms with Crippen LogP contribution in [0.2, 0.25) is 0 Å². The Labute approximate surface area is 143 Å². The van der Waals surface area contributed by atoms with E-state index in [1.165, 1.54) is 24.3 Å². The summed E-state index contributed by atoms with van der Waals surface area (Å²) < 4.78 is 13.0. The SMILES string of the molecule is O=C(Nc1cccc(-c2[nH]c3ccccc3[nH+]2)c1)c1ccc(F)cc1. The largest absolute Gasteiger partial charge is 0.322 e. The van der Waals surface area contributed by atoms with Gasteiger partial charge < -0.3 is 5.32 Å². The Morgan fingerprint density at radius 2 is 1.76 bits per heavy atom. The minimum atomic E-state index is -0.368. The van der Waals surface area contributed by atoms with Gasteiger partial charge in [0.05, 0.1) is 5.56 Å². The maximum absolute atomic E-state index is 13.0. The van der Waals surface area contributed by atoms with Gasteiger partial charge in [0.25, 0.3) is 11.7 Å². The van der Waals surface area contributed by atoms with E-state index in [0.717, 1.165) is 22.4 Å². The minimum Gasteiger partial charge on any atom is -0.322 e. The van der Waals surface area contributed by atoms with Gasteiger partial charge in [0.1, 0.15) is 5.82 Å². The van der Waals surface area contributed by atoms with Crippen LogP contribution in [0.3, 0.4) is 0 Å². The number of amides is 1. The van der Waals surface area contributed by atoms with E-state index in [-0.39, 0.29) is 11.7 Å². The van der Waals surface area contributed by atoms with Crippen LogP contribution in [0.25, 0.3) is 22.4 Å². The molecule has 25 heavy (non-hydrogen) atoms. The first-order valence-corrected chi connectivity index (χ1v) is 7.86. The zero-order valence-electron chi connectivity index (χ0n) is 13.2. The molecule has 122 valence electrons.